The van der Waals surface area contributed by atoms with E-state index in [1.807, 2.05) is 7.05 Å². The summed E-state index contributed by atoms with van der Waals surface area (Å²) in [5.74, 6) is -0.144. The van der Waals surface area contributed by atoms with Crippen molar-refractivity contribution in [3.63, 3.8) is 0 Å². The first kappa shape index (κ1) is 27.8. The smallest absolute Gasteiger partial charge is 0.280 e. The van der Waals surface area contributed by atoms with Crippen LogP contribution in [0.25, 0.3) is 10.3 Å². The van der Waals surface area contributed by atoms with E-state index in [1.165, 1.54) is 35.6 Å². The molecule has 15 heteroatoms. The Morgan fingerprint density at radius 1 is 1.21 bits per heavy atom. The summed E-state index contributed by atoms with van der Waals surface area (Å²) in [4.78, 5) is 28.2. The van der Waals surface area contributed by atoms with E-state index < -0.39 is 15.9 Å². The van der Waals surface area contributed by atoms with Crippen LogP contribution in [-0.4, -0.2) is 87.8 Å². The number of ether oxygens (including phenoxy) is 2. The van der Waals surface area contributed by atoms with Gasteiger partial charge in [-0.3, -0.25) is 10.1 Å². The minimum Gasteiger partial charge on any atom is -0.476 e. The third-order valence-corrected chi connectivity index (χ3v) is 7.65. The number of aliphatic hydroxyl groups is 1. The molecule has 3 aromatic rings. The van der Waals surface area contributed by atoms with Gasteiger partial charge in [-0.2, -0.15) is 0 Å². The van der Waals surface area contributed by atoms with Crippen LogP contribution >= 0.6 is 11.3 Å². The summed E-state index contributed by atoms with van der Waals surface area (Å²) in [5, 5.41) is 19.0. The summed E-state index contributed by atoms with van der Waals surface area (Å²) in [6, 6.07) is 9.05. The van der Waals surface area contributed by atoms with Gasteiger partial charge in [-0.1, -0.05) is 28.6 Å². The number of rotatable bonds is 13. The number of likely N-dealkylation sites (N-methyl/N-ethyl adjacent to an activating group) is 1. The number of aliphatic hydroxyl groups excluding tert-OH is 1. The summed E-state index contributed by atoms with van der Waals surface area (Å²) in [7, 11) is -1.98. The van der Waals surface area contributed by atoms with Crippen LogP contribution < -0.4 is 20.1 Å². The van der Waals surface area contributed by atoms with Crippen LogP contribution in [0.3, 0.4) is 0 Å². The summed E-state index contributed by atoms with van der Waals surface area (Å²) in [5.41, 5.74) is 0.864. The number of sulfonamides is 1. The lowest BCUT2D eigenvalue weighted by Gasteiger charge is -2.10. The lowest BCUT2D eigenvalue weighted by Crippen LogP contribution is -2.27. The number of carbonyl (C=O) groups is 1. The summed E-state index contributed by atoms with van der Waals surface area (Å²) in [6.07, 6.45) is 0.335. The highest BCUT2D eigenvalue weighted by atomic mass is 32.2. The van der Waals surface area contributed by atoms with Crippen molar-refractivity contribution in [1.29, 1.82) is 0 Å². The maximum Gasteiger partial charge on any atom is 0.280 e. The van der Waals surface area contributed by atoms with Gasteiger partial charge < -0.3 is 24.7 Å². The Hall–Kier alpha value is -3.21. The zero-order valence-corrected chi connectivity index (χ0v) is 22.2. The number of nitrogens with zero attached hydrogens (tertiary/aromatic N) is 3. The molecule has 0 saturated carbocycles. The first-order chi connectivity index (χ1) is 18.4. The van der Waals surface area contributed by atoms with Crippen molar-refractivity contribution in [2.24, 2.45) is 5.16 Å². The summed E-state index contributed by atoms with van der Waals surface area (Å²) < 4.78 is 37.8. The number of benzene rings is 1. The second-order valence-corrected chi connectivity index (χ2v) is 10.8. The van der Waals surface area contributed by atoms with Gasteiger partial charge in [-0.25, -0.2) is 23.1 Å². The van der Waals surface area contributed by atoms with Crippen molar-refractivity contribution in [1.82, 2.24) is 20.0 Å². The average Bonchev–Trinajstić information content (AvgIpc) is 3.57. The largest absolute Gasteiger partial charge is 0.476 e. The van der Waals surface area contributed by atoms with Gasteiger partial charge >= 0.3 is 0 Å². The molecular formula is C23H28N6O7S2. The van der Waals surface area contributed by atoms with Crippen molar-refractivity contribution in [3.05, 3.63) is 42.0 Å². The van der Waals surface area contributed by atoms with Gasteiger partial charge in [0, 0.05) is 31.1 Å². The molecule has 4 N–H and O–H groups in total. The Bertz CT molecular complexity index is 1370. The van der Waals surface area contributed by atoms with Gasteiger partial charge in [0.1, 0.15) is 17.0 Å². The molecule has 13 nitrogen and oxygen atoms in total. The first-order valence-electron chi connectivity index (χ1n) is 11.8. The number of fused-ring (bicyclic) bond motifs is 1. The average molecular weight is 565 g/mol. The van der Waals surface area contributed by atoms with Crippen molar-refractivity contribution < 1.29 is 32.6 Å². The van der Waals surface area contributed by atoms with Crippen LogP contribution in [0.4, 0.5) is 5.13 Å². The highest BCUT2D eigenvalue weighted by molar-refractivity contribution is 7.89. The molecular weight excluding hydrogens is 536 g/mol. The zero-order valence-electron chi connectivity index (χ0n) is 20.5. The maximum atomic E-state index is 13.3. The van der Waals surface area contributed by atoms with E-state index in [1.54, 1.807) is 12.1 Å². The normalized spacial score (nSPS) is 16.1. The molecule has 0 aliphatic carbocycles. The third kappa shape index (κ3) is 7.21. The Morgan fingerprint density at radius 2 is 2.03 bits per heavy atom. The molecule has 4 rings (SSSR count). The number of amides is 1. The van der Waals surface area contributed by atoms with Gasteiger partial charge in [0.2, 0.25) is 15.9 Å². The Morgan fingerprint density at radius 3 is 2.74 bits per heavy atom. The molecule has 1 saturated heterocycles. The van der Waals surface area contributed by atoms with E-state index >= 15 is 0 Å². The van der Waals surface area contributed by atoms with E-state index in [-0.39, 0.29) is 29.9 Å². The topological polar surface area (TPSA) is 173 Å². The van der Waals surface area contributed by atoms with E-state index in [0.717, 1.165) is 0 Å². The molecule has 3 heterocycles. The van der Waals surface area contributed by atoms with Crippen LogP contribution in [0, 0.1) is 0 Å². The van der Waals surface area contributed by atoms with Crippen molar-refractivity contribution in [2.75, 3.05) is 51.9 Å². The highest BCUT2D eigenvalue weighted by Crippen LogP contribution is 2.26. The molecule has 1 fully saturated rings. The second-order valence-electron chi connectivity index (χ2n) is 8.08. The molecule has 0 bridgehead atoms. The Kier molecular flexibility index (Phi) is 9.54. The number of hydrogen-bond donors (Lipinski definition) is 4. The molecule has 0 spiro atoms. The third-order valence-electron chi connectivity index (χ3n) is 5.29. The predicted molar refractivity (Wildman–Crippen MR) is 141 cm³/mol. The molecule has 1 atom stereocenters. The molecule has 204 valence electrons. The summed E-state index contributed by atoms with van der Waals surface area (Å²) in [6.45, 7) is 1.58. The second kappa shape index (κ2) is 13.0. The maximum absolute atomic E-state index is 13.3. The lowest BCUT2D eigenvalue weighted by atomic mass is 10.1. The summed E-state index contributed by atoms with van der Waals surface area (Å²) >= 11 is 1.17. The Labute approximate surface area is 223 Å². The number of thiazole rings is 1. The number of hydrogen-bond acceptors (Lipinski definition) is 12. The molecule has 38 heavy (non-hydrogen) atoms. The zero-order chi connectivity index (χ0) is 27.0. The van der Waals surface area contributed by atoms with Gasteiger partial charge in [-0.15, -0.1) is 0 Å². The van der Waals surface area contributed by atoms with Crippen LogP contribution in [0.1, 0.15) is 12.0 Å². The van der Waals surface area contributed by atoms with Gasteiger partial charge in [0.15, 0.2) is 16.9 Å². The van der Waals surface area contributed by atoms with Crippen molar-refractivity contribution >= 4 is 48.5 Å². The Balaban J connectivity index is 1.54. The monoisotopic (exact) mass is 564 g/mol. The number of anilines is 1. The van der Waals surface area contributed by atoms with Crippen molar-refractivity contribution in [3.8, 4) is 5.88 Å². The van der Waals surface area contributed by atoms with E-state index in [0.29, 0.717) is 59.7 Å². The molecule has 2 aromatic heterocycles. The number of nitrogens with one attached hydrogen (secondary N) is 3. The van der Waals surface area contributed by atoms with E-state index in [9.17, 15) is 13.2 Å². The van der Waals surface area contributed by atoms with Gasteiger partial charge in [0.25, 0.3) is 5.91 Å². The van der Waals surface area contributed by atoms with Crippen LogP contribution in [0.5, 0.6) is 5.88 Å². The van der Waals surface area contributed by atoms with Gasteiger partial charge in [0.05, 0.1) is 24.7 Å². The van der Waals surface area contributed by atoms with Crippen molar-refractivity contribution in [2.45, 2.75) is 17.4 Å². The fraction of sp³-hybridized carbons (Fsp3) is 0.391. The molecule has 1 aliphatic rings. The molecule has 0 radical (unpaired) electrons. The SMILES string of the molecule is CNCCOc1ccc2nc(NC(=O)C(=NO[C@@H]3CCOC3)c3ccc(S(=O)(=O)NCCO)cc3)sc2n1. The quantitative estimate of drug-likeness (QED) is 0.132. The molecule has 1 aliphatic heterocycles. The molecule has 0 unspecified atom stereocenters. The minimum absolute atomic E-state index is 0.0236. The van der Waals surface area contributed by atoms with Crippen LogP contribution in [0.2, 0.25) is 0 Å². The fourth-order valence-electron chi connectivity index (χ4n) is 3.35. The van der Waals surface area contributed by atoms with E-state index in [4.69, 9.17) is 19.4 Å². The number of oxime groups is 1. The first-order valence-corrected chi connectivity index (χ1v) is 14.1. The van der Waals surface area contributed by atoms with E-state index in [2.05, 4.69) is 30.5 Å². The highest BCUT2D eigenvalue weighted by Gasteiger charge is 2.22. The number of pyridine rings is 1. The minimum atomic E-state index is -3.81. The van der Waals surface area contributed by atoms with Gasteiger partial charge in [-0.05, 0) is 25.2 Å². The number of aromatic nitrogens is 2. The molecule has 1 amide bonds. The lowest BCUT2D eigenvalue weighted by molar-refractivity contribution is -0.110. The molecule has 1 aromatic carbocycles. The van der Waals surface area contributed by atoms with Crippen LogP contribution in [0.15, 0.2) is 46.4 Å². The predicted octanol–water partition coefficient (Wildman–Crippen LogP) is 0.708. The van der Waals surface area contributed by atoms with Crippen LogP contribution in [-0.2, 0) is 24.4 Å². The standard InChI is InChI=1S/C23H28N6O7S2/c1-24-10-13-35-19-7-6-18-22(27-19)37-23(26-18)28-21(31)20(29-36-16-8-12-34-14-16)15-2-4-17(5-3-15)38(32,33)25-9-11-30/h2-7,16,24-25,30H,8-14H2,1H3,(H,26,28,31)/t16-/m1/s1. The number of carbonyl (C=O) groups excluding carboxylic acids is 1. The fourth-order valence-corrected chi connectivity index (χ4v) is 5.20.